The Morgan fingerprint density at radius 1 is 0.634 bits per heavy atom. The normalized spacial score (nSPS) is 16.5. The van der Waals surface area contributed by atoms with E-state index in [1.807, 2.05) is 24.3 Å². The summed E-state index contributed by atoms with van der Waals surface area (Å²) in [4.78, 5) is 32.2. The second kappa shape index (κ2) is 9.66. The molecule has 5 heterocycles. The highest BCUT2D eigenvalue weighted by atomic mass is 15.4. The Balaban J connectivity index is 0.999. The van der Waals surface area contributed by atoms with Gasteiger partial charge in [0, 0.05) is 42.1 Å². The molecule has 3 aromatic carbocycles. The molecule has 6 N–H and O–H groups in total. The van der Waals surface area contributed by atoms with Crippen LogP contribution in [-0.4, -0.2) is 82.0 Å². The Morgan fingerprint density at radius 2 is 1.27 bits per heavy atom. The molecule has 41 heavy (non-hydrogen) atoms. The zero-order chi connectivity index (χ0) is 27.2. The minimum atomic E-state index is 0.746. The number of nitrogens with one attached hydrogen (secondary N) is 6. The average molecular weight is 545 g/mol. The zero-order valence-electron chi connectivity index (χ0n) is 22.2. The average Bonchev–Trinajstić information content (AvgIpc) is 3.83. The van der Waals surface area contributed by atoms with E-state index in [1.165, 1.54) is 0 Å². The van der Waals surface area contributed by atoms with Crippen molar-refractivity contribution in [3.8, 4) is 22.8 Å². The summed E-state index contributed by atoms with van der Waals surface area (Å²) in [5, 5.41) is 13.3. The fourth-order valence-corrected chi connectivity index (χ4v) is 5.31. The number of anilines is 2. The molecule has 0 atom stereocenters. The minimum absolute atomic E-state index is 0.746. The van der Waals surface area contributed by atoms with Crippen LogP contribution in [0.15, 0.2) is 75.6 Å². The SMILES string of the molecule is c1cc2nc(-c3ccc(-c4nc5ccc(NC6=NCCN6C6=NCCN6)cc5[nH]4)cc3)[nH]c2cc1NC1=NCCN1. The number of benzene rings is 3. The molecule has 0 radical (unpaired) electrons. The van der Waals surface area contributed by atoms with Crippen LogP contribution in [0.1, 0.15) is 0 Å². The van der Waals surface area contributed by atoms with Gasteiger partial charge in [0.2, 0.25) is 11.9 Å². The van der Waals surface area contributed by atoms with Gasteiger partial charge in [0.05, 0.1) is 41.7 Å². The van der Waals surface area contributed by atoms with Crippen molar-refractivity contribution in [2.45, 2.75) is 0 Å². The molecule has 0 aliphatic carbocycles. The van der Waals surface area contributed by atoms with Crippen LogP contribution < -0.4 is 21.3 Å². The number of aliphatic imine (C=N–C) groups is 3. The van der Waals surface area contributed by atoms with Crippen LogP contribution in [0, 0.1) is 0 Å². The smallest absolute Gasteiger partial charge is 0.205 e. The number of hydrogen-bond acceptors (Lipinski definition) is 10. The van der Waals surface area contributed by atoms with Gasteiger partial charge in [-0.1, -0.05) is 24.3 Å². The van der Waals surface area contributed by atoms with Gasteiger partial charge in [0.1, 0.15) is 11.6 Å². The van der Waals surface area contributed by atoms with Crippen molar-refractivity contribution in [1.82, 2.24) is 35.5 Å². The first-order chi connectivity index (χ1) is 20.2. The van der Waals surface area contributed by atoms with Gasteiger partial charge in [-0.25, -0.2) is 9.97 Å². The molecule has 12 nitrogen and oxygen atoms in total. The third-order valence-corrected chi connectivity index (χ3v) is 7.34. The van der Waals surface area contributed by atoms with Crippen molar-refractivity contribution >= 4 is 51.3 Å². The Kier molecular flexibility index (Phi) is 5.54. The summed E-state index contributed by atoms with van der Waals surface area (Å²) in [5.74, 6) is 4.14. The van der Waals surface area contributed by atoms with Gasteiger partial charge in [0.25, 0.3) is 0 Å². The maximum absolute atomic E-state index is 4.82. The maximum Gasteiger partial charge on any atom is 0.205 e. The van der Waals surface area contributed by atoms with Crippen LogP contribution in [0.2, 0.25) is 0 Å². The van der Waals surface area contributed by atoms with E-state index in [9.17, 15) is 0 Å². The lowest BCUT2D eigenvalue weighted by molar-refractivity contribution is 0.642. The number of H-pyrrole nitrogens is 2. The van der Waals surface area contributed by atoms with Crippen molar-refractivity contribution in [3.63, 3.8) is 0 Å². The summed E-state index contributed by atoms with van der Waals surface area (Å²) >= 11 is 0. The van der Waals surface area contributed by atoms with Crippen LogP contribution in [0.3, 0.4) is 0 Å². The summed E-state index contributed by atoms with van der Waals surface area (Å²) in [6.45, 7) is 4.90. The molecule has 0 fully saturated rings. The monoisotopic (exact) mass is 544 g/mol. The van der Waals surface area contributed by atoms with Crippen LogP contribution >= 0.6 is 0 Å². The van der Waals surface area contributed by atoms with Gasteiger partial charge in [0.15, 0.2) is 5.96 Å². The lowest BCUT2D eigenvalue weighted by atomic mass is 10.1. The summed E-state index contributed by atoms with van der Waals surface area (Å²) < 4.78 is 0. The second-order valence-electron chi connectivity index (χ2n) is 10.1. The lowest BCUT2D eigenvalue weighted by Gasteiger charge is -2.20. The number of imidazole rings is 2. The number of fused-ring (bicyclic) bond motifs is 2. The molecule has 0 saturated heterocycles. The molecule has 0 unspecified atom stereocenters. The molecular weight excluding hydrogens is 516 g/mol. The highest BCUT2D eigenvalue weighted by Gasteiger charge is 2.24. The van der Waals surface area contributed by atoms with E-state index < -0.39 is 0 Å². The van der Waals surface area contributed by atoms with Crippen LogP contribution in [0.25, 0.3) is 44.8 Å². The Bertz CT molecular complexity index is 1860. The standard InChI is InChI=1S/C29H28N12/c1-3-18(4-2-17(1)25-37-21-7-5-19(15-23(21)39-25)35-27-30-9-10-31-27)26-38-22-8-6-20(16-24(22)40-26)36-29-34-13-14-41(29)28-32-11-12-33-28/h1-8,15-16H,9-14H2,(H,32,33)(H,34,36)(H,37,39)(H,38,40)(H2,30,31,35). The predicted octanol–water partition coefficient (Wildman–Crippen LogP) is 3.19. The van der Waals surface area contributed by atoms with Crippen LogP contribution in [0.5, 0.6) is 0 Å². The molecular formula is C29H28N12. The molecule has 204 valence electrons. The first-order valence-electron chi connectivity index (χ1n) is 13.8. The van der Waals surface area contributed by atoms with Gasteiger partial charge < -0.3 is 31.2 Å². The summed E-state index contributed by atoms with van der Waals surface area (Å²) in [5.41, 5.74) is 7.66. The van der Waals surface area contributed by atoms with Gasteiger partial charge in [-0.2, -0.15) is 0 Å². The Hall–Kier alpha value is -5.39. The summed E-state index contributed by atoms with van der Waals surface area (Å²) in [6, 6.07) is 20.5. The lowest BCUT2D eigenvalue weighted by Crippen LogP contribution is -2.43. The second-order valence-corrected chi connectivity index (χ2v) is 10.1. The van der Waals surface area contributed by atoms with Crippen LogP contribution in [0.4, 0.5) is 11.4 Å². The van der Waals surface area contributed by atoms with E-state index in [0.717, 1.165) is 113 Å². The van der Waals surface area contributed by atoms with E-state index in [-0.39, 0.29) is 0 Å². The number of aromatic amines is 2. The molecule has 12 heteroatoms. The van der Waals surface area contributed by atoms with Crippen molar-refractivity contribution in [2.24, 2.45) is 15.0 Å². The van der Waals surface area contributed by atoms with Crippen molar-refractivity contribution < 1.29 is 0 Å². The zero-order valence-corrected chi connectivity index (χ0v) is 22.2. The number of hydrogen-bond donors (Lipinski definition) is 6. The van der Waals surface area contributed by atoms with E-state index in [0.29, 0.717) is 0 Å². The van der Waals surface area contributed by atoms with Gasteiger partial charge in [-0.05, 0) is 36.4 Å². The van der Waals surface area contributed by atoms with E-state index in [2.05, 4.69) is 87.5 Å². The van der Waals surface area contributed by atoms with Crippen LogP contribution in [-0.2, 0) is 0 Å². The molecule has 3 aliphatic rings. The number of guanidine groups is 3. The van der Waals surface area contributed by atoms with E-state index >= 15 is 0 Å². The Labute approximate surface area is 235 Å². The molecule has 0 spiro atoms. The highest BCUT2D eigenvalue weighted by molar-refractivity contribution is 6.07. The number of nitrogens with zero attached hydrogens (tertiary/aromatic N) is 6. The highest BCUT2D eigenvalue weighted by Crippen LogP contribution is 2.27. The Morgan fingerprint density at radius 3 is 1.88 bits per heavy atom. The first kappa shape index (κ1) is 23.5. The molecule has 0 amide bonds. The first-order valence-corrected chi connectivity index (χ1v) is 13.8. The predicted molar refractivity (Wildman–Crippen MR) is 163 cm³/mol. The van der Waals surface area contributed by atoms with Crippen molar-refractivity contribution in [1.29, 1.82) is 0 Å². The van der Waals surface area contributed by atoms with E-state index in [1.54, 1.807) is 0 Å². The maximum atomic E-state index is 4.82. The fraction of sp³-hybridized carbons (Fsp3) is 0.207. The third-order valence-electron chi connectivity index (χ3n) is 7.34. The van der Waals surface area contributed by atoms with E-state index in [4.69, 9.17) is 9.97 Å². The fourth-order valence-electron chi connectivity index (χ4n) is 5.31. The number of aromatic nitrogens is 4. The molecule has 0 saturated carbocycles. The van der Waals surface area contributed by atoms with Crippen molar-refractivity contribution in [2.75, 3.05) is 49.9 Å². The third kappa shape index (κ3) is 4.48. The molecule has 3 aliphatic heterocycles. The molecule has 2 aromatic heterocycles. The van der Waals surface area contributed by atoms with Gasteiger partial charge >= 0.3 is 0 Å². The number of rotatable bonds is 4. The quantitative estimate of drug-likeness (QED) is 0.204. The summed E-state index contributed by atoms with van der Waals surface area (Å²) in [6.07, 6.45) is 0. The van der Waals surface area contributed by atoms with Gasteiger partial charge in [-0.3, -0.25) is 19.9 Å². The largest absolute Gasteiger partial charge is 0.354 e. The molecule has 0 bridgehead atoms. The summed E-state index contributed by atoms with van der Waals surface area (Å²) in [7, 11) is 0. The van der Waals surface area contributed by atoms with Crippen molar-refractivity contribution in [3.05, 3.63) is 60.7 Å². The topological polar surface area (TPSA) is 146 Å². The van der Waals surface area contributed by atoms with Gasteiger partial charge in [-0.15, -0.1) is 0 Å². The minimum Gasteiger partial charge on any atom is -0.354 e. The molecule has 5 aromatic rings. The molecule has 8 rings (SSSR count).